The average Bonchev–Trinajstić information content (AvgIpc) is 2.68. The summed E-state index contributed by atoms with van der Waals surface area (Å²) in [6.07, 6.45) is 4.55. The van der Waals surface area contributed by atoms with E-state index < -0.39 is 11.4 Å². The zero-order valence-corrected chi connectivity index (χ0v) is 9.92. The first-order chi connectivity index (χ1) is 7.45. The highest BCUT2D eigenvalue weighted by atomic mass is 16.1. The summed E-state index contributed by atoms with van der Waals surface area (Å²) >= 11 is 0. The third-order valence-electron chi connectivity index (χ3n) is 2.82. The molecule has 1 fully saturated rings. The van der Waals surface area contributed by atoms with Gasteiger partial charge in [0.05, 0.1) is 6.04 Å². The minimum absolute atomic E-state index is 0.294. The summed E-state index contributed by atoms with van der Waals surface area (Å²) in [6, 6.07) is 0.294. The van der Waals surface area contributed by atoms with Crippen LogP contribution in [0.25, 0.3) is 0 Å². The number of hydrazine groups is 1. The summed E-state index contributed by atoms with van der Waals surface area (Å²) in [6.45, 7) is 3.38. The minimum Gasteiger partial charge on any atom is -0.368 e. The molecule has 0 aromatic carbocycles. The molecule has 0 aliphatic heterocycles. The summed E-state index contributed by atoms with van der Waals surface area (Å²) < 4.78 is 0. The Balaban J connectivity index is 2.63. The van der Waals surface area contributed by atoms with Crippen LogP contribution < -0.4 is 22.3 Å². The van der Waals surface area contributed by atoms with Gasteiger partial charge in [-0.2, -0.15) is 0 Å². The van der Waals surface area contributed by atoms with Crippen LogP contribution in [0, 0.1) is 0 Å². The molecule has 1 rings (SSSR count). The SMILES string of the molecule is CC(C)(NC(=NC1CCCC1)NN)C(N)=O. The average molecular weight is 227 g/mol. The van der Waals surface area contributed by atoms with Crippen molar-refractivity contribution in [3.63, 3.8) is 0 Å². The lowest BCUT2D eigenvalue weighted by molar-refractivity contribution is -0.122. The van der Waals surface area contributed by atoms with Crippen LogP contribution in [0.3, 0.4) is 0 Å². The predicted octanol–water partition coefficient (Wildman–Crippen LogP) is -0.398. The zero-order chi connectivity index (χ0) is 12.2. The molecule has 0 aromatic heterocycles. The summed E-state index contributed by atoms with van der Waals surface area (Å²) in [5.74, 6) is 5.35. The quantitative estimate of drug-likeness (QED) is 0.228. The predicted molar refractivity (Wildman–Crippen MR) is 63.4 cm³/mol. The van der Waals surface area contributed by atoms with Gasteiger partial charge in [0.25, 0.3) is 0 Å². The molecule has 0 aromatic rings. The fourth-order valence-electron chi connectivity index (χ4n) is 1.68. The van der Waals surface area contributed by atoms with Crippen molar-refractivity contribution in [2.45, 2.75) is 51.1 Å². The van der Waals surface area contributed by atoms with Gasteiger partial charge in [0.15, 0.2) is 0 Å². The Labute approximate surface area is 95.8 Å². The normalized spacial score (nSPS) is 18.6. The van der Waals surface area contributed by atoms with Crippen LogP contribution in [0.15, 0.2) is 4.99 Å². The van der Waals surface area contributed by atoms with Crippen molar-refractivity contribution >= 4 is 11.9 Å². The first-order valence-corrected chi connectivity index (χ1v) is 5.58. The van der Waals surface area contributed by atoms with Crippen molar-refractivity contribution in [1.29, 1.82) is 0 Å². The highest BCUT2D eigenvalue weighted by molar-refractivity contribution is 5.90. The smallest absolute Gasteiger partial charge is 0.242 e. The highest BCUT2D eigenvalue weighted by Crippen LogP contribution is 2.20. The van der Waals surface area contributed by atoms with Gasteiger partial charge in [0.1, 0.15) is 5.54 Å². The summed E-state index contributed by atoms with van der Waals surface area (Å²) in [5, 5.41) is 2.91. The van der Waals surface area contributed by atoms with Gasteiger partial charge in [-0.05, 0) is 26.7 Å². The van der Waals surface area contributed by atoms with Crippen molar-refractivity contribution in [3.05, 3.63) is 0 Å². The molecular weight excluding hydrogens is 206 g/mol. The molecule has 1 aliphatic carbocycles. The summed E-state index contributed by atoms with van der Waals surface area (Å²) in [5.41, 5.74) is 6.87. The van der Waals surface area contributed by atoms with E-state index >= 15 is 0 Å². The zero-order valence-electron chi connectivity index (χ0n) is 9.92. The molecule has 0 heterocycles. The number of primary amides is 1. The molecule has 92 valence electrons. The van der Waals surface area contributed by atoms with Crippen molar-refractivity contribution in [3.8, 4) is 0 Å². The molecule has 0 spiro atoms. The number of guanidine groups is 1. The number of hydrogen-bond acceptors (Lipinski definition) is 3. The van der Waals surface area contributed by atoms with E-state index in [0.717, 1.165) is 12.8 Å². The second kappa shape index (κ2) is 5.16. The Kier molecular flexibility index (Phi) is 4.12. The van der Waals surface area contributed by atoms with Crippen LogP contribution in [-0.4, -0.2) is 23.4 Å². The first kappa shape index (κ1) is 12.8. The number of carbonyl (C=O) groups is 1. The van der Waals surface area contributed by atoms with E-state index in [1.165, 1.54) is 12.8 Å². The summed E-state index contributed by atoms with van der Waals surface area (Å²) in [4.78, 5) is 15.6. The highest BCUT2D eigenvalue weighted by Gasteiger charge is 2.26. The van der Waals surface area contributed by atoms with Crippen LogP contribution in [0.2, 0.25) is 0 Å². The van der Waals surface area contributed by atoms with Gasteiger partial charge < -0.3 is 11.1 Å². The minimum atomic E-state index is -0.857. The van der Waals surface area contributed by atoms with Crippen LogP contribution >= 0.6 is 0 Å². The van der Waals surface area contributed by atoms with E-state index in [1.54, 1.807) is 13.8 Å². The van der Waals surface area contributed by atoms with Crippen molar-refractivity contribution in [2.24, 2.45) is 16.6 Å². The van der Waals surface area contributed by atoms with E-state index in [-0.39, 0.29) is 0 Å². The Bertz CT molecular complexity index is 281. The van der Waals surface area contributed by atoms with Crippen molar-refractivity contribution in [2.75, 3.05) is 0 Å². The molecule has 16 heavy (non-hydrogen) atoms. The largest absolute Gasteiger partial charge is 0.368 e. The molecule has 0 saturated heterocycles. The number of nitrogens with zero attached hydrogens (tertiary/aromatic N) is 1. The molecule has 6 nitrogen and oxygen atoms in total. The van der Waals surface area contributed by atoms with Crippen molar-refractivity contribution < 1.29 is 4.79 Å². The van der Waals surface area contributed by atoms with E-state index in [4.69, 9.17) is 11.6 Å². The van der Waals surface area contributed by atoms with Gasteiger partial charge in [0.2, 0.25) is 11.9 Å². The third-order valence-corrected chi connectivity index (χ3v) is 2.82. The van der Waals surface area contributed by atoms with Gasteiger partial charge in [-0.15, -0.1) is 0 Å². The van der Waals surface area contributed by atoms with Gasteiger partial charge >= 0.3 is 0 Å². The van der Waals surface area contributed by atoms with Crippen LogP contribution in [-0.2, 0) is 4.79 Å². The monoisotopic (exact) mass is 227 g/mol. The molecule has 0 radical (unpaired) electrons. The van der Waals surface area contributed by atoms with Gasteiger partial charge in [-0.3, -0.25) is 10.2 Å². The molecule has 6 N–H and O–H groups in total. The number of carbonyl (C=O) groups excluding carboxylic acids is 1. The number of hydrogen-bond donors (Lipinski definition) is 4. The lowest BCUT2D eigenvalue weighted by atomic mass is 10.1. The second-order valence-electron chi connectivity index (χ2n) is 4.67. The lowest BCUT2D eigenvalue weighted by Crippen LogP contribution is -2.57. The Hall–Kier alpha value is -1.30. The first-order valence-electron chi connectivity index (χ1n) is 5.58. The molecule has 1 saturated carbocycles. The molecule has 0 atom stereocenters. The number of nitrogens with one attached hydrogen (secondary N) is 2. The maximum Gasteiger partial charge on any atom is 0.242 e. The Morgan fingerprint density at radius 3 is 2.38 bits per heavy atom. The Morgan fingerprint density at radius 1 is 1.38 bits per heavy atom. The molecule has 6 heteroatoms. The molecule has 1 aliphatic rings. The fraction of sp³-hybridized carbons (Fsp3) is 0.800. The fourth-order valence-corrected chi connectivity index (χ4v) is 1.68. The van der Waals surface area contributed by atoms with Gasteiger partial charge in [0, 0.05) is 0 Å². The summed E-state index contributed by atoms with van der Waals surface area (Å²) in [7, 11) is 0. The van der Waals surface area contributed by atoms with Crippen molar-refractivity contribution in [1.82, 2.24) is 10.7 Å². The maximum atomic E-state index is 11.1. The molecular formula is C10H21N5O. The van der Waals surface area contributed by atoms with E-state index in [1.807, 2.05) is 0 Å². The third kappa shape index (κ3) is 3.37. The van der Waals surface area contributed by atoms with E-state index in [0.29, 0.717) is 12.0 Å². The molecule has 0 unspecified atom stereocenters. The maximum absolute atomic E-state index is 11.1. The van der Waals surface area contributed by atoms with Crippen LogP contribution in [0.4, 0.5) is 0 Å². The van der Waals surface area contributed by atoms with Crippen LogP contribution in [0.5, 0.6) is 0 Å². The number of rotatable bonds is 3. The van der Waals surface area contributed by atoms with E-state index in [9.17, 15) is 4.79 Å². The number of aliphatic imine (C=N–C) groups is 1. The Morgan fingerprint density at radius 2 is 1.94 bits per heavy atom. The van der Waals surface area contributed by atoms with Crippen LogP contribution in [0.1, 0.15) is 39.5 Å². The number of amides is 1. The molecule has 0 bridgehead atoms. The molecule has 1 amide bonds. The standard InChI is InChI=1S/C10H21N5O/c1-10(2,8(11)16)14-9(15-12)13-7-5-3-4-6-7/h7H,3-6,12H2,1-2H3,(H2,11,16)(H2,13,14,15). The van der Waals surface area contributed by atoms with Gasteiger partial charge in [-0.25, -0.2) is 10.8 Å². The van der Waals surface area contributed by atoms with Gasteiger partial charge in [-0.1, -0.05) is 12.8 Å². The lowest BCUT2D eigenvalue weighted by Gasteiger charge is -2.24. The second-order valence-corrected chi connectivity index (χ2v) is 4.67. The van der Waals surface area contributed by atoms with E-state index in [2.05, 4.69) is 15.7 Å². The topological polar surface area (TPSA) is 106 Å². The number of nitrogens with two attached hydrogens (primary N) is 2.